The molecule has 0 radical (unpaired) electrons. The Morgan fingerprint density at radius 1 is 1.09 bits per heavy atom. The molecule has 0 saturated heterocycles. The second kappa shape index (κ2) is 6.72. The van der Waals surface area contributed by atoms with Crippen LogP contribution in [0.25, 0.3) is 10.2 Å². The Labute approximate surface area is 128 Å². The van der Waals surface area contributed by atoms with Gasteiger partial charge < -0.3 is 14.8 Å². The molecule has 116 valence electrons. The van der Waals surface area contributed by atoms with Crippen LogP contribution in [-0.2, 0) is 9.47 Å². The van der Waals surface area contributed by atoms with Crippen molar-refractivity contribution in [3.63, 3.8) is 0 Å². The van der Waals surface area contributed by atoms with Crippen LogP contribution in [0.5, 0.6) is 0 Å². The lowest BCUT2D eigenvalue weighted by molar-refractivity contribution is 0.172. The van der Waals surface area contributed by atoms with E-state index in [1.165, 1.54) is 18.4 Å². The minimum Gasteiger partial charge on any atom is -0.453 e. The zero-order chi connectivity index (χ0) is 16.1. The lowest BCUT2D eigenvalue weighted by Gasteiger charge is -2.06. The first kappa shape index (κ1) is 15.5. The van der Waals surface area contributed by atoms with Crippen LogP contribution in [-0.4, -0.2) is 37.4 Å². The molecule has 3 N–H and O–H groups in total. The number of imide groups is 1. The molecule has 1 aromatic heterocycles. The lowest BCUT2D eigenvalue weighted by Crippen LogP contribution is -2.34. The maximum atomic E-state index is 11.6. The van der Waals surface area contributed by atoms with Crippen LogP contribution in [0.4, 0.5) is 25.2 Å². The number of hydrogen-bond acceptors (Lipinski definition) is 7. The molecule has 0 spiro atoms. The molecular formula is C12H12N4O5S. The van der Waals surface area contributed by atoms with Gasteiger partial charge in [-0.2, -0.15) is 0 Å². The number of nitrogens with one attached hydrogen (secondary N) is 3. The first-order chi connectivity index (χ1) is 10.5. The fraction of sp³-hybridized carbons (Fsp3) is 0.167. The van der Waals surface area contributed by atoms with E-state index >= 15 is 0 Å². The Hall–Kier alpha value is -2.88. The van der Waals surface area contributed by atoms with Gasteiger partial charge in [-0.3, -0.25) is 5.32 Å². The number of benzene rings is 1. The Kier molecular flexibility index (Phi) is 4.73. The molecule has 10 heteroatoms. The van der Waals surface area contributed by atoms with Gasteiger partial charge in [0.25, 0.3) is 0 Å². The predicted octanol–water partition coefficient (Wildman–Crippen LogP) is 2.36. The van der Waals surface area contributed by atoms with Crippen molar-refractivity contribution in [1.82, 2.24) is 10.3 Å². The van der Waals surface area contributed by atoms with Crippen LogP contribution in [0.1, 0.15) is 0 Å². The highest BCUT2D eigenvalue weighted by Gasteiger charge is 2.13. The second-order valence-electron chi connectivity index (χ2n) is 3.86. The topological polar surface area (TPSA) is 119 Å². The molecule has 0 bridgehead atoms. The first-order valence-electron chi connectivity index (χ1n) is 5.94. The molecule has 0 aliphatic heterocycles. The van der Waals surface area contributed by atoms with Crippen LogP contribution in [0.15, 0.2) is 18.2 Å². The molecule has 1 heterocycles. The average molecular weight is 324 g/mol. The van der Waals surface area contributed by atoms with E-state index in [1.807, 2.05) is 5.32 Å². The number of ether oxygens (including phenoxy) is 2. The Morgan fingerprint density at radius 2 is 1.82 bits per heavy atom. The van der Waals surface area contributed by atoms with Crippen molar-refractivity contribution in [2.75, 3.05) is 24.9 Å². The number of aromatic nitrogens is 1. The van der Waals surface area contributed by atoms with Crippen molar-refractivity contribution in [3.8, 4) is 0 Å². The van der Waals surface area contributed by atoms with E-state index in [-0.39, 0.29) is 0 Å². The highest BCUT2D eigenvalue weighted by molar-refractivity contribution is 7.22. The number of nitrogens with zero attached hydrogens (tertiary/aromatic N) is 1. The number of hydrogen-bond donors (Lipinski definition) is 3. The number of urea groups is 1. The third-order valence-electron chi connectivity index (χ3n) is 2.46. The number of para-hydroxylation sites is 1. The van der Waals surface area contributed by atoms with Crippen LogP contribution in [0, 0.1) is 0 Å². The van der Waals surface area contributed by atoms with E-state index in [4.69, 9.17) is 0 Å². The molecule has 0 atom stereocenters. The molecule has 0 aliphatic rings. The number of methoxy groups -OCH3 is 2. The number of thiazole rings is 1. The third-order valence-corrected chi connectivity index (χ3v) is 3.40. The maximum Gasteiger partial charge on any atom is 0.415 e. The number of alkyl carbamates (subject to hydrolysis) is 1. The van der Waals surface area contributed by atoms with Gasteiger partial charge >= 0.3 is 18.2 Å². The van der Waals surface area contributed by atoms with Gasteiger partial charge in [-0.1, -0.05) is 17.4 Å². The second-order valence-corrected chi connectivity index (χ2v) is 4.89. The largest absolute Gasteiger partial charge is 0.453 e. The maximum absolute atomic E-state index is 11.6. The quantitative estimate of drug-likeness (QED) is 0.780. The molecule has 0 aliphatic carbocycles. The van der Waals surface area contributed by atoms with Crippen molar-refractivity contribution < 1.29 is 23.9 Å². The lowest BCUT2D eigenvalue weighted by atomic mass is 10.3. The summed E-state index contributed by atoms with van der Waals surface area (Å²) in [6.07, 6.45) is -1.52. The van der Waals surface area contributed by atoms with Gasteiger partial charge in [0.15, 0.2) is 5.13 Å². The van der Waals surface area contributed by atoms with Crippen molar-refractivity contribution in [2.24, 2.45) is 0 Å². The van der Waals surface area contributed by atoms with Crippen molar-refractivity contribution in [3.05, 3.63) is 18.2 Å². The van der Waals surface area contributed by atoms with Gasteiger partial charge in [-0.25, -0.2) is 24.7 Å². The first-order valence-corrected chi connectivity index (χ1v) is 6.75. The van der Waals surface area contributed by atoms with E-state index in [9.17, 15) is 14.4 Å². The molecule has 0 unspecified atom stereocenters. The third kappa shape index (κ3) is 3.61. The number of carbonyl (C=O) groups is 3. The SMILES string of the molecule is COC(=O)NC(=O)Nc1cccc2sc(NC(=O)OC)nc12. The molecule has 4 amide bonds. The summed E-state index contributed by atoms with van der Waals surface area (Å²) in [5.41, 5.74) is 0.854. The number of amides is 4. The Morgan fingerprint density at radius 3 is 2.50 bits per heavy atom. The highest BCUT2D eigenvalue weighted by atomic mass is 32.1. The molecule has 1 aromatic carbocycles. The standard InChI is InChI=1S/C12H12N4O5S/c1-20-11(18)15-9(17)13-6-4-3-5-7-8(6)14-10(22-7)16-12(19)21-2/h3-5H,1-2H3,(H,14,16,19)(H2,13,15,17,18). The monoisotopic (exact) mass is 324 g/mol. The molecule has 0 fully saturated rings. The molecule has 0 saturated carbocycles. The average Bonchev–Trinajstić information content (AvgIpc) is 2.90. The van der Waals surface area contributed by atoms with E-state index in [1.54, 1.807) is 18.2 Å². The van der Waals surface area contributed by atoms with Gasteiger partial charge in [0.2, 0.25) is 0 Å². The summed E-state index contributed by atoms with van der Waals surface area (Å²) in [7, 11) is 2.39. The number of rotatable bonds is 2. The smallest absolute Gasteiger partial charge is 0.415 e. The highest BCUT2D eigenvalue weighted by Crippen LogP contribution is 2.30. The number of anilines is 2. The summed E-state index contributed by atoms with van der Waals surface area (Å²) in [6.45, 7) is 0. The summed E-state index contributed by atoms with van der Waals surface area (Å²) in [5, 5.41) is 7.22. The number of fused-ring (bicyclic) bond motifs is 1. The van der Waals surface area contributed by atoms with Gasteiger partial charge in [0.05, 0.1) is 24.6 Å². The summed E-state index contributed by atoms with van der Waals surface area (Å²) in [6, 6.07) is 4.34. The zero-order valence-electron chi connectivity index (χ0n) is 11.6. The molecule has 9 nitrogen and oxygen atoms in total. The minimum absolute atomic E-state index is 0.324. The fourth-order valence-corrected chi connectivity index (χ4v) is 2.42. The van der Waals surface area contributed by atoms with Gasteiger partial charge in [0, 0.05) is 0 Å². The predicted molar refractivity (Wildman–Crippen MR) is 80.2 cm³/mol. The molecule has 2 aromatic rings. The normalized spacial score (nSPS) is 9.91. The Bertz CT molecular complexity index is 729. The Balaban J connectivity index is 2.21. The minimum atomic E-state index is -0.879. The number of carbonyl (C=O) groups excluding carboxylic acids is 3. The summed E-state index contributed by atoms with van der Waals surface area (Å²) >= 11 is 1.21. The molecule has 2 rings (SSSR count). The van der Waals surface area contributed by atoms with Crippen molar-refractivity contribution in [2.45, 2.75) is 0 Å². The summed E-state index contributed by atoms with van der Waals surface area (Å²) in [5.74, 6) is 0. The van der Waals surface area contributed by atoms with E-state index in [0.717, 1.165) is 11.8 Å². The van der Waals surface area contributed by atoms with E-state index in [2.05, 4.69) is 25.1 Å². The summed E-state index contributed by atoms with van der Waals surface area (Å²) in [4.78, 5) is 38.0. The van der Waals surface area contributed by atoms with Crippen molar-refractivity contribution >= 4 is 50.6 Å². The van der Waals surface area contributed by atoms with Crippen LogP contribution in [0.2, 0.25) is 0 Å². The van der Waals surface area contributed by atoms with Gasteiger partial charge in [-0.05, 0) is 12.1 Å². The van der Waals surface area contributed by atoms with Gasteiger partial charge in [-0.15, -0.1) is 0 Å². The van der Waals surface area contributed by atoms with Crippen LogP contribution < -0.4 is 16.0 Å². The molecular weight excluding hydrogens is 312 g/mol. The fourth-order valence-electron chi connectivity index (χ4n) is 1.54. The molecule has 22 heavy (non-hydrogen) atoms. The van der Waals surface area contributed by atoms with Gasteiger partial charge in [0.1, 0.15) is 5.52 Å². The summed E-state index contributed by atoms with van der Waals surface area (Å²) < 4.78 is 9.55. The van der Waals surface area contributed by atoms with E-state index in [0.29, 0.717) is 16.3 Å². The zero-order valence-corrected chi connectivity index (χ0v) is 12.4. The van der Waals surface area contributed by atoms with Crippen LogP contribution >= 0.6 is 11.3 Å². The van der Waals surface area contributed by atoms with Crippen molar-refractivity contribution in [1.29, 1.82) is 0 Å². The van der Waals surface area contributed by atoms with Crippen LogP contribution in [0.3, 0.4) is 0 Å². The van der Waals surface area contributed by atoms with E-state index < -0.39 is 18.2 Å².